The van der Waals surface area contributed by atoms with Crippen LogP contribution in [0.4, 0.5) is 0 Å². The van der Waals surface area contributed by atoms with Crippen LogP contribution >= 0.6 is 0 Å². The van der Waals surface area contributed by atoms with Gasteiger partial charge in [0.15, 0.2) is 0 Å². The number of rotatable bonds is 1. The van der Waals surface area contributed by atoms with Crippen LogP contribution in [0.2, 0.25) is 0 Å². The third kappa shape index (κ3) is 1.45. The molecule has 0 bridgehead atoms. The Morgan fingerprint density at radius 1 is 1.38 bits per heavy atom. The summed E-state index contributed by atoms with van der Waals surface area (Å²) in [5.41, 5.74) is 0.867. The number of benzene rings is 1. The van der Waals surface area contributed by atoms with Crippen LogP contribution in [0.5, 0.6) is 5.75 Å². The molecule has 1 heterocycles. The Hall–Kier alpha value is -1.64. The van der Waals surface area contributed by atoms with Gasteiger partial charge in [-0.25, -0.2) is 9.97 Å². The normalized spacial score (nSPS) is 10.3. The molecule has 13 heavy (non-hydrogen) atoms. The fraction of sp³-hybridized carbons (Fsp3) is 0.200. The van der Waals surface area contributed by atoms with E-state index in [1.807, 2.05) is 25.1 Å². The lowest BCUT2D eigenvalue weighted by Gasteiger charge is -2.01. The molecule has 0 atom stereocenters. The van der Waals surface area contributed by atoms with Gasteiger partial charge in [0.2, 0.25) is 0 Å². The fourth-order valence-corrected chi connectivity index (χ4v) is 1.17. The van der Waals surface area contributed by atoms with Crippen LogP contribution in [-0.4, -0.2) is 17.1 Å². The lowest BCUT2D eigenvalue weighted by Crippen LogP contribution is -1.89. The lowest BCUT2D eigenvalue weighted by molar-refractivity contribution is 0.415. The van der Waals surface area contributed by atoms with Gasteiger partial charge in [-0.2, -0.15) is 0 Å². The number of nitrogens with zero attached hydrogens (tertiary/aromatic N) is 2. The molecule has 0 aliphatic rings. The van der Waals surface area contributed by atoms with Crippen LogP contribution < -0.4 is 4.74 Å². The van der Waals surface area contributed by atoms with Gasteiger partial charge in [-0.1, -0.05) is 0 Å². The Kier molecular flexibility index (Phi) is 1.85. The molecule has 3 heteroatoms. The molecule has 0 amide bonds. The van der Waals surface area contributed by atoms with E-state index in [0.29, 0.717) is 0 Å². The van der Waals surface area contributed by atoms with Crippen molar-refractivity contribution < 1.29 is 4.74 Å². The third-order valence-electron chi connectivity index (χ3n) is 1.83. The molecule has 0 fully saturated rings. The highest BCUT2D eigenvalue weighted by atomic mass is 16.5. The topological polar surface area (TPSA) is 35.0 Å². The van der Waals surface area contributed by atoms with Crippen LogP contribution in [0, 0.1) is 13.1 Å². The number of hydrogen-bond acceptors (Lipinski definition) is 3. The van der Waals surface area contributed by atoms with E-state index in [2.05, 4.69) is 16.2 Å². The molecule has 0 unspecified atom stereocenters. The molecular formula is C10H9N2O. The first-order valence-corrected chi connectivity index (χ1v) is 3.99. The first-order chi connectivity index (χ1) is 6.29. The average molecular weight is 173 g/mol. The quantitative estimate of drug-likeness (QED) is 0.659. The summed E-state index contributed by atoms with van der Waals surface area (Å²) < 4.78 is 5.09. The SMILES string of the molecule is COc1ccc2[c]nc(C)nc2c1. The Morgan fingerprint density at radius 3 is 3.00 bits per heavy atom. The summed E-state index contributed by atoms with van der Waals surface area (Å²) in [7, 11) is 1.64. The van der Waals surface area contributed by atoms with Crippen LogP contribution in [-0.2, 0) is 0 Å². The summed E-state index contributed by atoms with van der Waals surface area (Å²) in [6, 6.07) is 5.64. The zero-order chi connectivity index (χ0) is 9.26. The highest BCUT2D eigenvalue weighted by Gasteiger charge is 1.98. The van der Waals surface area contributed by atoms with Crippen LogP contribution in [0.3, 0.4) is 0 Å². The maximum absolute atomic E-state index is 5.09. The zero-order valence-corrected chi connectivity index (χ0v) is 7.53. The van der Waals surface area contributed by atoms with E-state index in [1.54, 1.807) is 7.11 Å². The van der Waals surface area contributed by atoms with Crippen molar-refractivity contribution in [1.82, 2.24) is 9.97 Å². The molecule has 0 aliphatic carbocycles. The van der Waals surface area contributed by atoms with Crippen molar-refractivity contribution in [3.8, 4) is 5.75 Å². The Bertz CT molecular complexity index is 440. The van der Waals surface area contributed by atoms with Crippen molar-refractivity contribution in [3.63, 3.8) is 0 Å². The van der Waals surface area contributed by atoms with E-state index < -0.39 is 0 Å². The van der Waals surface area contributed by atoms with Gasteiger partial charge in [0, 0.05) is 11.5 Å². The summed E-state index contributed by atoms with van der Waals surface area (Å²) in [5, 5.41) is 0.909. The molecule has 0 spiro atoms. The highest BCUT2D eigenvalue weighted by Crippen LogP contribution is 2.17. The summed E-state index contributed by atoms with van der Waals surface area (Å²) >= 11 is 0. The maximum atomic E-state index is 5.09. The fourth-order valence-electron chi connectivity index (χ4n) is 1.17. The van der Waals surface area contributed by atoms with Gasteiger partial charge in [0.05, 0.1) is 12.6 Å². The van der Waals surface area contributed by atoms with Crippen LogP contribution in [0.15, 0.2) is 18.2 Å². The lowest BCUT2D eigenvalue weighted by atomic mass is 10.2. The molecule has 0 saturated carbocycles. The van der Waals surface area contributed by atoms with E-state index in [9.17, 15) is 0 Å². The molecule has 2 rings (SSSR count). The second-order valence-electron chi connectivity index (χ2n) is 2.77. The molecule has 65 valence electrons. The minimum atomic E-state index is 0.723. The predicted molar refractivity (Wildman–Crippen MR) is 49.7 cm³/mol. The highest BCUT2D eigenvalue weighted by molar-refractivity contribution is 5.78. The Labute approximate surface area is 76.4 Å². The van der Waals surface area contributed by atoms with Gasteiger partial charge < -0.3 is 4.74 Å². The Morgan fingerprint density at radius 2 is 2.23 bits per heavy atom. The first-order valence-electron chi connectivity index (χ1n) is 3.99. The number of methoxy groups -OCH3 is 1. The van der Waals surface area contributed by atoms with Crippen molar-refractivity contribution in [2.45, 2.75) is 6.92 Å². The number of hydrogen-bond donors (Lipinski definition) is 0. The molecule has 0 saturated heterocycles. The van der Waals surface area contributed by atoms with Crippen molar-refractivity contribution in [3.05, 3.63) is 30.2 Å². The first kappa shape index (κ1) is 7.98. The molecular weight excluding hydrogens is 164 g/mol. The van der Waals surface area contributed by atoms with Gasteiger partial charge in [-0.3, -0.25) is 0 Å². The van der Waals surface area contributed by atoms with Gasteiger partial charge in [0.1, 0.15) is 17.8 Å². The number of aromatic nitrogens is 2. The monoisotopic (exact) mass is 173 g/mol. The van der Waals surface area contributed by atoms with Crippen molar-refractivity contribution >= 4 is 10.9 Å². The van der Waals surface area contributed by atoms with Crippen molar-refractivity contribution in [2.24, 2.45) is 0 Å². The summed E-state index contributed by atoms with van der Waals surface area (Å²) in [6.07, 6.45) is 2.90. The standard InChI is InChI=1S/C10H9N2O/c1-7-11-6-8-3-4-9(13-2)5-10(8)12-7/h3-5H,1-2H3. The minimum absolute atomic E-state index is 0.723. The van der Waals surface area contributed by atoms with Gasteiger partial charge in [-0.05, 0) is 19.1 Å². The number of fused-ring (bicyclic) bond motifs is 1. The van der Waals surface area contributed by atoms with E-state index in [-0.39, 0.29) is 0 Å². The average Bonchev–Trinajstić information content (AvgIpc) is 2.16. The molecule has 2 aromatic rings. The minimum Gasteiger partial charge on any atom is -0.497 e. The molecule has 3 nitrogen and oxygen atoms in total. The molecule has 1 aromatic heterocycles. The molecule has 1 aromatic carbocycles. The number of ether oxygens (including phenoxy) is 1. The largest absolute Gasteiger partial charge is 0.497 e. The van der Waals surface area contributed by atoms with Gasteiger partial charge in [-0.15, -0.1) is 0 Å². The van der Waals surface area contributed by atoms with Gasteiger partial charge in [0.25, 0.3) is 0 Å². The van der Waals surface area contributed by atoms with E-state index in [0.717, 1.165) is 22.5 Å². The van der Waals surface area contributed by atoms with Gasteiger partial charge >= 0.3 is 0 Å². The van der Waals surface area contributed by atoms with Crippen molar-refractivity contribution in [2.75, 3.05) is 7.11 Å². The molecule has 0 aliphatic heterocycles. The van der Waals surface area contributed by atoms with Crippen LogP contribution in [0.25, 0.3) is 10.9 Å². The van der Waals surface area contributed by atoms with Crippen LogP contribution in [0.1, 0.15) is 5.82 Å². The smallest absolute Gasteiger partial charge is 0.126 e. The van der Waals surface area contributed by atoms with E-state index in [1.165, 1.54) is 0 Å². The molecule has 1 radical (unpaired) electrons. The van der Waals surface area contributed by atoms with E-state index in [4.69, 9.17) is 4.74 Å². The Balaban J connectivity index is 2.68. The second-order valence-corrected chi connectivity index (χ2v) is 2.77. The summed E-state index contributed by atoms with van der Waals surface area (Å²) in [4.78, 5) is 8.25. The predicted octanol–water partition coefficient (Wildman–Crippen LogP) is 1.75. The second kappa shape index (κ2) is 3.01. The van der Waals surface area contributed by atoms with E-state index >= 15 is 0 Å². The zero-order valence-electron chi connectivity index (χ0n) is 7.53. The number of aryl methyl sites for hydroxylation is 1. The summed E-state index contributed by atoms with van der Waals surface area (Å²) in [6.45, 7) is 1.84. The third-order valence-corrected chi connectivity index (χ3v) is 1.83. The maximum Gasteiger partial charge on any atom is 0.126 e. The van der Waals surface area contributed by atoms with Crippen molar-refractivity contribution in [1.29, 1.82) is 0 Å². The summed E-state index contributed by atoms with van der Waals surface area (Å²) in [5.74, 6) is 1.53. The molecule has 0 N–H and O–H groups in total.